The zero-order valence-corrected chi connectivity index (χ0v) is 11.5. The van der Waals surface area contributed by atoms with Crippen LogP contribution in [0.4, 0.5) is 10.1 Å². The molecule has 106 valence electrons. The van der Waals surface area contributed by atoms with Crippen LogP contribution in [0.25, 0.3) is 0 Å². The summed E-state index contributed by atoms with van der Waals surface area (Å²) in [5.41, 5.74) is 6.89. The molecule has 0 atom stereocenters. The Morgan fingerprint density at radius 3 is 2.20 bits per heavy atom. The molecule has 0 radical (unpaired) electrons. The van der Waals surface area contributed by atoms with Crippen LogP contribution in [-0.4, -0.2) is 15.0 Å². The van der Waals surface area contributed by atoms with E-state index < -0.39 is 10.0 Å². The Kier molecular flexibility index (Phi) is 4.36. The fraction of sp³-hybridized carbons (Fsp3) is 0.143. The molecule has 0 fully saturated rings. The second kappa shape index (κ2) is 6.02. The number of halogens is 1. The van der Waals surface area contributed by atoms with Crippen LogP contribution in [0.2, 0.25) is 0 Å². The van der Waals surface area contributed by atoms with Gasteiger partial charge in [-0.15, -0.1) is 0 Å². The van der Waals surface area contributed by atoms with Gasteiger partial charge in [-0.2, -0.15) is 0 Å². The Hall–Kier alpha value is -1.92. The summed E-state index contributed by atoms with van der Waals surface area (Å²) in [7, 11) is -3.53. The minimum Gasteiger partial charge on any atom is -0.399 e. The molecular formula is C14H15FN2O2S. The fourth-order valence-electron chi connectivity index (χ4n) is 1.71. The Morgan fingerprint density at radius 2 is 1.60 bits per heavy atom. The minimum atomic E-state index is -3.53. The van der Waals surface area contributed by atoms with Gasteiger partial charge in [0.2, 0.25) is 10.0 Å². The van der Waals surface area contributed by atoms with Gasteiger partial charge in [0.1, 0.15) is 5.82 Å². The van der Waals surface area contributed by atoms with Gasteiger partial charge in [-0.05, 0) is 48.4 Å². The first kappa shape index (κ1) is 14.5. The van der Waals surface area contributed by atoms with Crippen molar-refractivity contribution in [3.05, 3.63) is 59.9 Å². The first-order valence-electron chi connectivity index (χ1n) is 6.07. The van der Waals surface area contributed by atoms with Gasteiger partial charge < -0.3 is 5.73 Å². The summed E-state index contributed by atoms with van der Waals surface area (Å²) in [4.78, 5) is 0.172. The van der Waals surface area contributed by atoms with E-state index in [0.29, 0.717) is 12.1 Å². The fourth-order valence-corrected chi connectivity index (χ4v) is 2.74. The summed E-state index contributed by atoms with van der Waals surface area (Å²) in [5.74, 6) is -0.309. The van der Waals surface area contributed by atoms with Crippen molar-refractivity contribution in [1.82, 2.24) is 4.72 Å². The first-order chi connectivity index (χ1) is 9.47. The van der Waals surface area contributed by atoms with Crippen LogP contribution in [0.15, 0.2) is 53.4 Å². The van der Waals surface area contributed by atoms with Gasteiger partial charge in [-0.1, -0.05) is 12.1 Å². The molecule has 0 saturated carbocycles. The Morgan fingerprint density at radius 1 is 1.00 bits per heavy atom. The first-order valence-corrected chi connectivity index (χ1v) is 7.55. The molecule has 6 heteroatoms. The predicted molar refractivity (Wildman–Crippen MR) is 76.1 cm³/mol. The standard InChI is InChI=1S/C14H15FN2O2S/c15-12-3-1-11(2-4-12)9-10-17-20(18,19)14-7-5-13(16)6-8-14/h1-8,17H,9-10,16H2. The maximum absolute atomic E-state index is 12.7. The topological polar surface area (TPSA) is 72.2 Å². The van der Waals surface area contributed by atoms with E-state index in [1.807, 2.05) is 0 Å². The van der Waals surface area contributed by atoms with Crippen LogP contribution >= 0.6 is 0 Å². The van der Waals surface area contributed by atoms with Crippen molar-refractivity contribution in [1.29, 1.82) is 0 Å². The number of sulfonamides is 1. The highest BCUT2D eigenvalue weighted by Crippen LogP contribution is 2.11. The average molecular weight is 294 g/mol. The molecule has 0 amide bonds. The smallest absolute Gasteiger partial charge is 0.240 e. The molecule has 0 saturated heterocycles. The van der Waals surface area contributed by atoms with Crippen LogP contribution in [-0.2, 0) is 16.4 Å². The molecule has 0 aliphatic heterocycles. The van der Waals surface area contributed by atoms with E-state index in [2.05, 4.69) is 4.72 Å². The number of rotatable bonds is 5. The Labute approximate surface area is 117 Å². The van der Waals surface area contributed by atoms with Crippen molar-refractivity contribution in [2.75, 3.05) is 12.3 Å². The van der Waals surface area contributed by atoms with Crippen LogP contribution in [0.1, 0.15) is 5.56 Å². The van der Waals surface area contributed by atoms with E-state index in [1.165, 1.54) is 36.4 Å². The highest BCUT2D eigenvalue weighted by Gasteiger charge is 2.12. The van der Waals surface area contributed by atoms with E-state index in [9.17, 15) is 12.8 Å². The number of nitrogens with two attached hydrogens (primary N) is 1. The van der Waals surface area contributed by atoms with Gasteiger partial charge in [0.15, 0.2) is 0 Å². The summed E-state index contributed by atoms with van der Waals surface area (Å²) in [6, 6.07) is 11.9. The third-order valence-corrected chi connectivity index (χ3v) is 4.29. The summed E-state index contributed by atoms with van der Waals surface area (Å²) >= 11 is 0. The van der Waals surface area contributed by atoms with Gasteiger partial charge in [-0.25, -0.2) is 17.5 Å². The summed E-state index contributed by atoms with van der Waals surface area (Å²) in [5, 5.41) is 0. The third-order valence-electron chi connectivity index (χ3n) is 2.81. The van der Waals surface area contributed by atoms with Crippen molar-refractivity contribution in [3.63, 3.8) is 0 Å². The zero-order valence-electron chi connectivity index (χ0n) is 10.7. The van der Waals surface area contributed by atoms with E-state index >= 15 is 0 Å². The van der Waals surface area contributed by atoms with E-state index in [1.54, 1.807) is 12.1 Å². The van der Waals surface area contributed by atoms with Crippen molar-refractivity contribution in [2.24, 2.45) is 0 Å². The van der Waals surface area contributed by atoms with Gasteiger partial charge in [-0.3, -0.25) is 0 Å². The molecule has 0 aromatic heterocycles. The Balaban J connectivity index is 1.96. The number of hydrogen-bond donors (Lipinski definition) is 2. The number of nitrogen functional groups attached to an aromatic ring is 1. The van der Waals surface area contributed by atoms with Crippen LogP contribution in [0.3, 0.4) is 0 Å². The largest absolute Gasteiger partial charge is 0.399 e. The lowest BCUT2D eigenvalue weighted by molar-refractivity contribution is 0.581. The lowest BCUT2D eigenvalue weighted by Crippen LogP contribution is -2.26. The molecule has 0 aliphatic carbocycles. The van der Waals surface area contributed by atoms with Gasteiger partial charge >= 0.3 is 0 Å². The van der Waals surface area contributed by atoms with Crippen LogP contribution in [0, 0.1) is 5.82 Å². The third kappa shape index (κ3) is 3.79. The van der Waals surface area contributed by atoms with Gasteiger partial charge in [0.05, 0.1) is 4.90 Å². The van der Waals surface area contributed by atoms with E-state index in [-0.39, 0.29) is 17.3 Å². The molecule has 2 aromatic rings. The second-order valence-electron chi connectivity index (χ2n) is 4.34. The molecular weight excluding hydrogens is 279 g/mol. The molecule has 3 N–H and O–H groups in total. The summed E-state index contributed by atoms with van der Waals surface area (Å²) in [6.45, 7) is 0.248. The molecule has 2 aromatic carbocycles. The SMILES string of the molecule is Nc1ccc(S(=O)(=O)NCCc2ccc(F)cc2)cc1. The van der Waals surface area contributed by atoms with Crippen LogP contribution < -0.4 is 10.5 Å². The molecule has 0 heterocycles. The predicted octanol–water partition coefficient (Wildman–Crippen LogP) is 1.93. The molecule has 0 aliphatic rings. The second-order valence-corrected chi connectivity index (χ2v) is 6.11. The molecule has 20 heavy (non-hydrogen) atoms. The number of hydrogen-bond acceptors (Lipinski definition) is 3. The molecule has 0 bridgehead atoms. The van der Waals surface area contributed by atoms with Gasteiger partial charge in [0.25, 0.3) is 0 Å². The molecule has 2 rings (SSSR count). The highest BCUT2D eigenvalue weighted by atomic mass is 32.2. The number of nitrogens with one attached hydrogen (secondary N) is 1. The van der Waals surface area contributed by atoms with Crippen molar-refractivity contribution < 1.29 is 12.8 Å². The number of benzene rings is 2. The molecule has 4 nitrogen and oxygen atoms in total. The highest BCUT2D eigenvalue weighted by molar-refractivity contribution is 7.89. The Bertz CT molecular complexity index is 667. The van der Waals surface area contributed by atoms with Crippen molar-refractivity contribution in [3.8, 4) is 0 Å². The van der Waals surface area contributed by atoms with Gasteiger partial charge in [0, 0.05) is 12.2 Å². The minimum absolute atomic E-state index is 0.172. The maximum atomic E-state index is 12.7. The van der Waals surface area contributed by atoms with Crippen LogP contribution in [0.5, 0.6) is 0 Å². The zero-order chi connectivity index (χ0) is 14.6. The van der Waals surface area contributed by atoms with Crippen molar-refractivity contribution >= 4 is 15.7 Å². The molecule has 0 unspecified atom stereocenters. The average Bonchev–Trinajstić information content (AvgIpc) is 2.41. The van der Waals surface area contributed by atoms with E-state index in [0.717, 1.165) is 5.56 Å². The monoisotopic (exact) mass is 294 g/mol. The van der Waals surface area contributed by atoms with Crippen molar-refractivity contribution in [2.45, 2.75) is 11.3 Å². The quantitative estimate of drug-likeness (QED) is 0.828. The number of anilines is 1. The lowest BCUT2D eigenvalue weighted by atomic mass is 10.1. The summed E-state index contributed by atoms with van der Waals surface area (Å²) in [6.07, 6.45) is 0.495. The lowest BCUT2D eigenvalue weighted by Gasteiger charge is -2.07. The maximum Gasteiger partial charge on any atom is 0.240 e. The van der Waals surface area contributed by atoms with E-state index in [4.69, 9.17) is 5.73 Å². The summed E-state index contributed by atoms with van der Waals surface area (Å²) < 4.78 is 39.2. The molecule has 0 spiro atoms. The normalized spacial score (nSPS) is 11.4.